The van der Waals surface area contributed by atoms with Gasteiger partial charge in [-0.25, -0.2) is 0 Å². The first-order valence-corrected chi connectivity index (χ1v) is 8.21. The van der Waals surface area contributed by atoms with Crippen molar-refractivity contribution >= 4 is 27.5 Å². The lowest BCUT2D eigenvalue weighted by Gasteiger charge is -2.21. The molecule has 2 aromatic rings. The third-order valence-electron chi connectivity index (χ3n) is 3.51. The van der Waals surface area contributed by atoms with Crippen LogP contribution in [0.1, 0.15) is 18.1 Å². The highest BCUT2D eigenvalue weighted by Crippen LogP contribution is 2.23. The van der Waals surface area contributed by atoms with Gasteiger partial charge in [0.15, 0.2) is 0 Å². The van der Waals surface area contributed by atoms with Crippen molar-refractivity contribution in [3.05, 3.63) is 64.1 Å². The summed E-state index contributed by atoms with van der Waals surface area (Å²) in [5.41, 5.74) is 3.27. The second-order valence-electron chi connectivity index (χ2n) is 5.23. The Balaban J connectivity index is 1.94. The first kappa shape index (κ1) is 16.6. The molecule has 0 fully saturated rings. The Labute approximate surface area is 140 Å². The van der Waals surface area contributed by atoms with Gasteiger partial charge in [0.25, 0.3) is 0 Å². The van der Waals surface area contributed by atoms with Gasteiger partial charge < -0.3 is 10.2 Å². The molecule has 0 aromatic heterocycles. The minimum Gasteiger partial charge on any atom is -0.375 e. The number of likely N-dealkylation sites (N-methyl/N-ethyl adjacent to an activating group) is 1. The summed E-state index contributed by atoms with van der Waals surface area (Å²) in [7, 11) is 0. The van der Waals surface area contributed by atoms with Gasteiger partial charge in [-0.3, -0.25) is 4.79 Å². The lowest BCUT2D eigenvalue weighted by Crippen LogP contribution is -2.35. The first-order chi connectivity index (χ1) is 10.6. The number of nitrogens with zero attached hydrogens (tertiary/aromatic N) is 1. The van der Waals surface area contributed by atoms with Crippen molar-refractivity contribution in [2.75, 3.05) is 18.4 Å². The van der Waals surface area contributed by atoms with E-state index in [9.17, 15) is 4.79 Å². The minimum atomic E-state index is 0.0961. The molecule has 0 saturated carbocycles. The van der Waals surface area contributed by atoms with Crippen LogP contribution >= 0.6 is 15.9 Å². The standard InChI is InChI=1S/C18H21BrN2O/c1-3-21(13-15-7-5-4-6-8-15)18(22)12-20-17-10-9-14(2)11-16(17)19/h4-11,20H,3,12-13H2,1-2H3. The molecule has 1 N–H and O–H groups in total. The van der Waals surface area contributed by atoms with Crippen molar-refractivity contribution in [2.24, 2.45) is 0 Å². The molecular weight excluding hydrogens is 340 g/mol. The topological polar surface area (TPSA) is 32.3 Å². The van der Waals surface area contributed by atoms with Gasteiger partial charge in [0.1, 0.15) is 0 Å². The van der Waals surface area contributed by atoms with Crippen LogP contribution in [-0.4, -0.2) is 23.9 Å². The largest absolute Gasteiger partial charge is 0.375 e. The summed E-state index contributed by atoms with van der Waals surface area (Å²) >= 11 is 3.52. The summed E-state index contributed by atoms with van der Waals surface area (Å²) in [5.74, 6) is 0.0961. The molecule has 22 heavy (non-hydrogen) atoms. The number of carbonyl (C=O) groups excluding carboxylic acids is 1. The molecule has 0 saturated heterocycles. The Morgan fingerprint density at radius 2 is 1.91 bits per heavy atom. The van der Waals surface area contributed by atoms with E-state index in [4.69, 9.17) is 0 Å². The van der Waals surface area contributed by atoms with Crippen molar-refractivity contribution in [3.63, 3.8) is 0 Å². The van der Waals surface area contributed by atoms with Crippen LogP contribution in [0.2, 0.25) is 0 Å². The van der Waals surface area contributed by atoms with Gasteiger partial charge >= 0.3 is 0 Å². The van der Waals surface area contributed by atoms with Crippen LogP contribution < -0.4 is 5.32 Å². The Morgan fingerprint density at radius 3 is 2.55 bits per heavy atom. The van der Waals surface area contributed by atoms with Gasteiger partial charge in [0.2, 0.25) is 5.91 Å². The summed E-state index contributed by atoms with van der Waals surface area (Å²) in [6.45, 7) is 5.68. The molecule has 2 rings (SSSR count). The lowest BCUT2D eigenvalue weighted by molar-refractivity contribution is -0.129. The van der Waals surface area contributed by atoms with Crippen molar-refractivity contribution in [1.29, 1.82) is 0 Å². The normalized spacial score (nSPS) is 10.3. The van der Waals surface area contributed by atoms with E-state index in [-0.39, 0.29) is 5.91 Å². The third kappa shape index (κ3) is 4.60. The Morgan fingerprint density at radius 1 is 1.18 bits per heavy atom. The summed E-state index contributed by atoms with van der Waals surface area (Å²) in [5, 5.41) is 3.20. The maximum Gasteiger partial charge on any atom is 0.242 e. The molecule has 0 aliphatic carbocycles. The summed E-state index contributed by atoms with van der Waals surface area (Å²) in [6, 6.07) is 16.1. The second kappa shape index (κ2) is 7.99. The Bertz CT molecular complexity index is 628. The zero-order chi connectivity index (χ0) is 15.9. The van der Waals surface area contributed by atoms with E-state index in [1.54, 1.807) is 0 Å². The second-order valence-corrected chi connectivity index (χ2v) is 6.08. The number of amides is 1. The molecule has 4 heteroatoms. The number of hydrogen-bond acceptors (Lipinski definition) is 2. The average molecular weight is 361 g/mol. The van der Waals surface area contributed by atoms with Crippen LogP contribution in [0.25, 0.3) is 0 Å². The predicted molar refractivity (Wildman–Crippen MR) is 94.9 cm³/mol. The van der Waals surface area contributed by atoms with Crippen LogP contribution in [0, 0.1) is 6.92 Å². The molecule has 116 valence electrons. The van der Waals surface area contributed by atoms with Crippen LogP contribution in [0.15, 0.2) is 53.0 Å². The highest BCUT2D eigenvalue weighted by atomic mass is 79.9. The number of hydrogen-bond donors (Lipinski definition) is 1. The molecule has 0 heterocycles. The molecule has 0 aliphatic heterocycles. The third-order valence-corrected chi connectivity index (χ3v) is 4.16. The Hall–Kier alpha value is -1.81. The van der Waals surface area contributed by atoms with Crippen molar-refractivity contribution in [3.8, 4) is 0 Å². The van der Waals surface area contributed by atoms with E-state index < -0.39 is 0 Å². The highest BCUT2D eigenvalue weighted by molar-refractivity contribution is 9.10. The highest BCUT2D eigenvalue weighted by Gasteiger charge is 2.12. The molecule has 0 radical (unpaired) electrons. The average Bonchev–Trinajstić information content (AvgIpc) is 2.52. The van der Waals surface area contributed by atoms with Crippen molar-refractivity contribution < 1.29 is 4.79 Å². The monoisotopic (exact) mass is 360 g/mol. The zero-order valence-corrected chi connectivity index (χ0v) is 14.6. The molecule has 3 nitrogen and oxygen atoms in total. The van der Waals surface area contributed by atoms with E-state index in [0.29, 0.717) is 19.6 Å². The number of halogens is 1. The quantitative estimate of drug-likeness (QED) is 0.836. The van der Waals surface area contributed by atoms with Gasteiger partial charge in [0, 0.05) is 23.2 Å². The number of rotatable bonds is 6. The van der Waals surface area contributed by atoms with Crippen molar-refractivity contribution in [2.45, 2.75) is 20.4 Å². The fourth-order valence-electron chi connectivity index (χ4n) is 2.23. The fraction of sp³-hybridized carbons (Fsp3) is 0.278. The molecular formula is C18H21BrN2O. The van der Waals surface area contributed by atoms with Crippen LogP contribution in [-0.2, 0) is 11.3 Å². The summed E-state index contributed by atoms with van der Waals surface area (Å²) in [6.07, 6.45) is 0. The van der Waals surface area contributed by atoms with E-state index in [2.05, 4.69) is 21.2 Å². The molecule has 0 unspecified atom stereocenters. The number of aryl methyl sites for hydroxylation is 1. The number of benzene rings is 2. The van der Waals surface area contributed by atoms with Gasteiger partial charge in [-0.05, 0) is 53.0 Å². The predicted octanol–water partition coefficient (Wildman–Crippen LogP) is 4.22. The van der Waals surface area contributed by atoms with Crippen molar-refractivity contribution in [1.82, 2.24) is 4.90 Å². The van der Waals surface area contributed by atoms with Gasteiger partial charge in [-0.15, -0.1) is 0 Å². The van der Waals surface area contributed by atoms with Gasteiger partial charge in [-0.2, -0.15) is 0 Å². The van der Waals surface area contributed by atoms with Crippen LogP contribution in [0.3, 0.4) is 0 Å². The zero-order valence-electron chi connectivity index (χ0n) is 13.0. The molecule has 0 bridgehead atoms. The molecule has 0 spiro atoms. The Kier molecular flexibility index (Phi) is 6.01. The number of carbonyl (C=O) groups is 1. The smallest absolute Gasteiger partial charge is 0.242 e. The number of nitrogens with one attached hydrogen (secondary N) is 1. The van der Waals surface area contributed by atoms with E-state index >= 15 is 0 Å². The van der Waals surface area contributed by atoms with E-state index in [1.165, 1.54) is 5.56 Å². The summed E-state index contributed by atoms with van der Waals surface area (Å²) < 4.78 is 0.978. The fourth-order valence-corrected chi connectivity index (χ4v) is 2.86. The summed E-state index contributed by atoms with van der Waals surface area (Å²) in [4.78, 5) is 14.2. The van der Waals surface area contributed by atoms with E-state index in [0.717, 1.165) is 15.7 Å². The maximum absolute atomic E-state index is 12.4. The molecule has 2 aromatic carbocycles. The van der Waals surface area contributed by atoms with Crippen LogP contribution in [0.5, 0.6) is 0 Å². The molecule has 0 atom stereocenters. The molecule has 1 amide bonds. The number of anilines is 1. The lowest BCUT2D eigenvalue weighted by atomic mass is 10.2. The first-order valence-electron chi connectivity index (χ1n) is 7.42. The van der Waals surface area contributed by atoms with Gasteiger partial charge in [-0.1, -0.05) is 36.4 Å². The van der Waals surface area contributed by atoms with Gasteiger partial charge in [0.05, 0.1) is 6.54 Å². The molecule has 0 aliphatic rings. The minimum absolute atomic E-state index is 0.0961. The SMILES string of the molecule is CCN(Cc1ccccc1)C(=O)CNc1ccc(C)cc1Br. The maximum atomic E-state index is 12.4. The van der Waals surface area contributed by atoms with E-state index in [1.807, 2.05) is 67.3 Å². The van der Waals surface area contributed by atoms with Crippen LogP contribution in [0.4, 0.5) is 5.69 Å².